The van der Waals surface area contributed by atoms with Crippen LogP contribution < -0.4 is 16.0 Å². The van der Waals surface area contributed by atoms with Crippen molar-refractivity contribution >= 4 is 35.8 Å². The van der Waals surface area contributed by atoms with Crippen LogP contribution in [0.3, 0.4) is 0 Å². The molecule has 1 aromatic heterocycles. The Morgan fingerprint density at radius 1 is 1.14 bits per heavy atom. The van der Waals surface area contributed by atoms with Gasteiger partial charge in [-0.1, -0.05) is 26.0 Å². The van der Waals surface area contributed by atoms with E-state index in [1.54, 1.807) is 18.4 Å². The van der Waals surface area contributed by atoms with Gasteiger partial charge >= 0.3 is 0 Å². The van der Waals surface area contributed by atoms with Crippen molar-refractivity contribution in [1.82, 2.24) is 16.0 Å². The zero-order valence-corrected chi connectivity index (χ0v) is 19.2. The number of aliphatic imine (C=N–C) groups is 1. The SMILES string of the molecule is CCNC(=NCc1cccc(C(=O)NCc2ccco2)c1)NCCC(C)C.I. The summed E-state index contributed by atoms with van der Waals surface area (Å²) in [5.41, 5.74) is 1.61. The molecule has 1 aromatic carbocycles. The molecule has 0 saturated carbocycles. The molecule has 28 heavy (non-hydrogen) atoms. The molecule has 0 bridgehead atoms. The number of carbonyl (C=O) groups is 1. The molecule has 1 heterocycles. The lowest BCUT2D eigenvalue weighted by molar-refractivity contribution is 0.0948. The Morgan fingerprint density at radius 3 is 2.64 bits per heavy atom. The van der Waals surface area contributed by atoms with Gasteiger partial charge in [0.25, 0.3) is 5.91 Å². The predicted molar refractivity (Wildman–Crippen MR) is 124 cm³/mol. The normalized spacial score (nSPS) is 11.1. The molecular formula is C21H31IN4O2. The van der Waals surface area contributed by atoms with E-state index in [1.165, 1.54) is 0 Å². The molecule has 0 spiro atoms. The lowest BCUT2D eigenvalue weighted by Gasteiger charge is -2.12. The van der Waals surface area contributed by atoms with E-state index < -0.39 is 0 Å². The van der Waals surface area contributed by atoms with Crippen molar-refractivity contribution in [1.29, 1.82) is 0 Å². The van der Waals surface area contributed by atoms with Crippen molar-refractivity contribution in [3.8, 4) is 0 Å². The highest BCUT2D eigenvalue weighted by Gasteiger charge is 2.07. The number of amides is 1. The molecule has 0 unspecified atom stereocenters. The maximum atomic E-state index is 12.3. The first-order chi connectivity index (χ1) is 13.1. The number of halogens is 1. The van der Waals surface area contributed by atoms with Crippen molar-refractivity contribution in [2.24, 2.45) is 10.9 Å². The zero-order chi connectivity index (χ0) is 19.5. The first kappa shape index (κ1) is 24.0. The average molecular weight is 498 g/mol. The summed E-state index contributed by atoms with van der Waals surface area (Å²) in [6.45, 7) is 9.03. The van der Waals surface area contributed by atoms with Gasteiger partial charge in [0.2, 0.25) is 0 Å². The van der Waals surface area contributed by atoms with Crippen LogP contribution in [0.4, 0.5) is 0 Å². The topological polar surface area (TPSA) is 78.7 Å². The van der Waals surface area contributed by atoms with E-state index >= 15 is 0 Å². The molecule has 0 saturated heterocycles. The summed E-state index contributed by atoms with van der Waals surface area (Å²) in [6.07, 6.45) is 2.69. The molecule has 0 aliphatic rings. The summed E-state index contributed by atoms with van der Waals surface area (Å²) in [6, 6.07) is 11.2. The van der Waals surface area contributed by atoms with E-state index in [-0.39, 0.29) is 29.9 Å². The second kappa shape index (κ2) is 13.2. The smallest absolute Gasteiger partial charge is 0.251 e. The minimum absolute atomic E-state index is 0. The maximum absolute atomic E-state index is 12.3. The minimum Gasteiger partial charge on any atom is -0.467 e. The van der Waals surface area contributed by atoms with Crippen LogP contribution >= 0.6 is 24.0 Å². The molecular weight excluding hydrogens is 467 g/mol. The zero-order valence-electron chi connectivity index (χ0n) is 16.8. The molecule has 0 fully saturated rings. The summed E-state index contributed by atoms with van der Waals surface area (Å²) < 4.78 is 5.23. The monoisotopic (exact) mass is 498 g/mol. The Hall–Kier alpha value is -2.03. The molecule has 0 atom stereocenters. The van der Waals surface area contributed by atoms with Crippen LogP contribution in [-0.2, 0) is 13.1 Å². The summed E-state index contributed by atoms with van der Waals surface area (Å²) in [5, 5.41) is 9.45. The van der Waals surface area contributed by atoms with Gasteiger partial charge in [-0.25, -0.2) is 4.99 Å². The lowest BCUT2D eigenvalue weighted by Crippen LogP contribution is -2.38. The third kappa shape index (κ3) is 8.77. The lowest BCUT2D eigenvalue weighted by atomic mass is 10.1. The van der Waals surface area contributed by atoms with Gasteiger partial charge in [0.05, 0.1) is 19.4 Å². The summed E-state index contributed by atoms with van der Waals surface area (Å²) in [7, 11) is 0. The fraction of sp³-hybridized carbons (Fsp3) is 0.429. The Kier molecular flexibility index (Phi) is 11.3. The summed E-state index contributed by atoms with van der Waals surface area (Å²) >= 11 is 0. The fourth-order valence-electron chi connectivity index (χ4n) is 2.48. The van der Waals surface area contributed by atoms with Crippen LogP contribution in [0, 0.1) is 5.92 Å². The number of benzene rings is 1. The molecule has 7 heteroatoms. The van der Waals surface area contributed by atoms with Crippen LogP contribution in [0.5, 0.6) is 0 Å². The highest BCUT2D eigenvalue weighted by atomic mass is 127. The van der Waals surface area contributed by atoms with Crippen LogP contribution in [0.2, 0.25) is 0 Å². The van der Waals surface area contributed by atoms with Crippen LogP contribution in [-0.4, -0.2) is 25.0 Å². The summed E-state index contributed by atoms with van der Waals surface area (Å²) in [5.74, 6) is 2.05. The number of nitrogens with zero attached hydrogens (tertiary/aromatic N) is 1. The Bertz CT molecular complexity index is 730. The van der Waals surface area contributed by atoms with Crippen LogP contribution in [0.15, 0.2) is 52.1 Å². The largest absolute Gasteiger partial charge is 0.467 e. The van der Waals surface area contributed by atoms with Crippen molar-refractivity contribution < 1.29 is 9.21 Å². The number of nitrogens with one attached hydrogen (secondary N) is 3. The second-order valence-corrected chi connectivity index (χ2v) is 6.77. The molecule has 2 rings (SSSR count). The number of carbonyl (C=O) groups excluding carboxylic acids is 1. The average Bonchev–Trinajstić information content (AvgIpc) is 3.17. The van der Waals surface area contributed by atoms with Crippen molar-refractivity contribution in [3.63, 3.8) is 0 Å². The quantitative estimate of drug-likeness (QED) is 0.278. The van der Waals surface area contributed by atoms with Gasteiger partial charge in [-0.15, -0.1) is 24.0 Å². The number of hydrogen-bond acceptors (Lipinski definition) is 3. The van der Waals surface area contributed by atoms with E-state index in [4.69, 9.17) is 4.42 Å². The van der Waals surface area contributed by atoms with E-state index in [1.807, 2.05) is 31.2 Å². The van der Waals surface area contributed by atoms with E-state index in [9.17, 15) is 4.79 Å². The van der Waals surface area contributed by atoms with Crippen LogP contribution in [0.1, 0.15) is 48.9 Å². The number of guanidine groups is 1. The van der Waals surface area contributed by atoms with Gasteiger partial charge in [-0.3, -0.25) is 4.79 Å². The van der Waals surface area contributed by atoms with E-state index in [0.29, 0.717) is 24.6 Å². The van der Waals surface area contributed by atoms with Gasteiger partial charge in [0, 0.05) is 18.7 Å². The molecule has 0 aliphatic carbocycles. The molecule has 6 nitrogen and oxygen atoms in total. The Morgan fingerprint density at radius 2 is 1.96 bits per heavy atom. The standard InChI is InChI=1S/C21H30N4O2.HI/c1-4-22-21(23-11-10-16(2)3)25-14-17-7-5-8-18(13-17)20(26)24-15-19-9-6-12-27-19;/h5-9,12-13,16H,4,10-11,14-15H2,1-3H3,(H,24,26)(H2,22,23,25);1H. The van der Waals surface area contributed by atoms with Crippen molar-refractivity contribution in [3.05, 3.63) is 59.5 Å². The number of furan rings is 1. The second-order valence-electron chi connectivity index (χ2n) is 6.77. The van der Waals surface area contributed by atoms with Gasteiger partial charge in [0.1, 0.15) is 5.76 Å². The minimum atomic E-state index is -0.126. The molecule has 2 aromatic rings. The highest BCUT2D eigenvalue weighted by molar-refractivity contribution is 14.0. The van der Waals surface area contributed by atoms with Crippen LogP contribution in [0.25, 0.3) is 0 Å². The molecule has 3 N–H and O–H groups in total. The third-order valence-corrected chi connectivity index (χ3v) is 3.97. The first-order valence-electron chi connectivity index (χ1n) is 9.50. The molecule has 0 radical (unpaired) electrons. The summed E-state index contributed by atoms with van der Waals surface area (Å²) in [4.78, 5) is 16.9. The molecule has 0 aliphatic heterocycles. The Balaban J connectivity index is 0.00000392. The van der Waals surface area contributed by atoms with Gasteiger partial charge in [-0.05, 0) is 49.1 Å². The van der Waals surface area contributed by atoms with Gasteiger partial charge in [0.15, 0.2) is 5.96 Å². The third-order valence-electron chi connectivity index (χ3n) is 3.97. The number of rotatable bonds is 9. The van der Waals surface area contributed by atoms with E-state index in [2.05, 4.69) is 34.8 Å². The van der Waals surface area contributed by atoms with E-state index in [0.717, 1.165) is 36.8 Å². The van der Waals surface area contributed by atoms with Gasteiger partial charge < -0.3 is 20.4 Å². The molecule has 1 amide bonds. The van der Waals surface area contributed by atoms with Gasteiger partial charge in [-0.2, -0.15) is 0 Å². The maximum Gasteiger partial charge on any atom is 0.251 e. The number of hydrogen-bond donors (Lipinski definition) is 3. The fourth-order valence-corrected chi connectivity index (χ4v) is 2.48. The van der Waals surface area contributed by atoms with Crippen molar-refractivity contribution in [2.75, 3.05) is 13.1 Å². The first-order valence-corrected chi connectivity index (χ1v) is 9.50. The Labute approximate surface area is 184 Å². The van der Waals surface area contributed by atoms with Crippen molar-refractivity contribution in [2.45, 2.75) is 40.3 Å². The predicted octanol–water partition coefficient (Wildman–Crippen LogP) is 3.93. The molecule has 154 valence electrons. The highest BCUT2D eigenvalue weighted by Crippen LogP contribution is 2.08.